The van der Waals surface area contributed by atoms with E-state index in [0.717, 1.165) is 31.6 Å². The fourth-order valence-corrected chi connectivity index (χ4v) is 2.79. The van der Waals surface area contributed by atoms with Crippen LogP contribution in [0.15, 0.2) is 12.1 Å². The topological polar surface area (TPSA) is 39.7 Å². The van der Waals surface area contributed by atoms with Crippen LogP contribution in [0, 0.1) is 0 Å². The predicted molar refractivity (Wildman–Crippen MR) is 79.8 cm³/mol. The molecule has 1 aromatic rings. The molecular formula is C15H22ClNO3. The molecule has 1 aliphatic rings. The minimum Gasteiger partial charge on any atom is -0.493 e. The van der Waals surface area contributed by atoms with E-state index in [1.807, 2.05) is 12.1 Å². The van der Waals surface area contributed by atoms with Crippen molar-refractivity contribution < 1.29 is 14.2 Å². The van der Waals surface area contributed by atoms with Crippen LogP contribution >= 0.6 is 11.6 Å². The minimum absolute atomic E-state index is 0.311. The van der Waals surface area contributed by atoms with Gasteiger partial charge in [0.2, 0.25) is 0 Å². The van der Waals surface area contributed by atoms with Gasteiger partial charge >= 0.3 is 0 Å². The van der Waals surface area contributed by atoms with Crippen molar-refractivity contribution in [1.82, 2.24) is 5.32 Å². The van der Waals surface area contributed by atoms with Gasteiger partial charge in [-0.1, -0.05) is 11.6 Å². The molecule has 0 bridgehead atoms. The molecule has 0 aromatic heterocycles. The molecule has 2 atom stereocenters. The van der Waals surface area contributed by atoms with Crippen LogP contribution in [0.1, 0.15) is 25.3 Å². The molecule has 0 spiro atoms. The highest BCUT2D eigenvalue weighted by atomic mass is 35.5. The van der Waals surface area contributed by atoms with Crippen molar-refractivity contribution in [2.45, 2.75) is 38.5 Å². The second-order valence-corrected chi connectivity index (χ2v) is 5.44. The summed E-state index contributed by atoms with van der Waals surface area (Å²) in [6.07, 6.45) is 2.59. The lowest BCUT2D eigenvalue weighted by Gasteiger charge is -2.20. The summed E-state index contributed by atoms with van der Waals surface area (Å²) in [7, 11) is 3.20. The molecule has 1 saturated heterocycles. The maximum atomic E-state index is 6.20. The van der Waals surface area contributed by atoms with Crippen LogP contribution in [0.3, 0.4) is 0 Å². The number of hydrogen-bond acceptors (Lipinski definition) is 4. The monoisotopic (exact) mass is 299 g/mol. The van der Waals surface area contributed by atoms with Gasteiger partial charge in [-0.05, 0) is 37.5 Å². The van der Waals surface area contributed by atoms with Crippen LogP contribution in [0.5, 0.6) is 11.5 Å². The molecule has 2 rings (SSSR count). The lowest BCUT2D eigenvalue weighted by Crippen LogP contribution is -2.36. The van der Waals surface area contributed by atoms with E-state index < -0.39 is 0 Å². The fraction of sp³-hybridized carbons (Fsp3) is 0.600. The first kappa shape index (κ1) is 15.4. The molecule has 2 unspecified atom stereocenters. The smallest absolute Gasteiger partial charge is 0.179 e. The molecule has 1 fully saturated rings. The Bertz CT molecular complexity index is 447. The predicted octanol–water partition coefficient (Wildman–Crippen LogP) is 3.01. The SMILES string of the molecule is COc1cc(CNC(C)C2CCCO2)cc(Cl)c1OC. The lowest BCUT2D eigenvalue weighted by atomic mass is 10.1. The van der Waals surface area contributed by atoms with Gasteiger partial charge in [0.25, 0.3) is 0 Å². The van der Waals surface area contributed by atoms with Gasteiger partial charge in [0.15, 0.2) is 11.5 Å². The Hall–Kier alpha value is -0.970. The summed E-state index contributed by atoms with van der Waals surface area (Å²) in [5.41, 5.74) is 1.07. The van der Waals surface area contributed by atoms with E-state index in [1.54, 1.807) is 14.2 Å². The molecule has 1 aliphatic heterocycles. The van der Waals surface area contributed by atoms with Crippen molar-refractivity contribution >= 4 is 11.6 Å². The standard InChI is InChI=1S/C15H22ClNO3/c1-10(13-5-4-6-20-13)17-9-11-7-12(16)15(19-3)14(8-11)18-2/h7-8,10,13,17H,4-6,9H2,1-3H3. The van der Waals surface area contributed by atoms with Gasteiger partial charge in [0, 0.05) is 19.2 Å². The molecule has 20 heavy (non-hydrogen) atoms. The van der Waals surface area contributed by atoms with Gasteiger partial charge in [0.1, 0.15) is 0 Å². The van der Waals surface area contributed by atoms with Crippen LogP contribution < -0.4 is 14.8 Å². The summed E-state index contributed by atoms with van der Waals surface area (Å²) < 4.78 is 16.2. The summed E-state index contributed by atoms with van der Waals surface area (Å²) in [5.74, 6) is 1.23. The Morgan fingerprint density at radius 1 is 1.40 bits per heavy atom. The van der Waals surface area contributed by atoms with Crippen molar-refractivity contribution in [2.24, 2.45) is 0 Å². The summed E-state index contributed by atoms with van der Waals surface area (Å²) in [6, 6.07) is 4.17. The number of nitrogens with one attached hydrogen (secondary N) is 1. The molecule has 0 saturated carbocycles. The van der Waals surface area contributed by atoms with Crippen LogP contribution in [-0.2, 0) is 11.3 Å². The molecule has 5 heteroatoms. The highest BCUT2D eigenvalue weighted by Crippen LogP contribution is 2.36. The lowest BCUT2D eigenvalue weighted by molar-refractivity contribution is 0.0832. The van der Waals surface area contributed by atoms with Gasteiger partial charge in [-0.15, -0.1) is 0 Å². The molecule has 0 radical (unpaired) electrons. The minimum atomic E-state index is 0.311. The largest absolute Gasteiger partial charge is 0.493 e. The van der Waals surface area contributed by atoms with Crippen molar-refractivity contribution in [3.63, 3.8) is 0 Å². The summed E-state index contributed by atoms with van der Waals surface area (Å²) >= 11 is 6.20. The quantitative estimate of drug-likeness (QED) is 0.876. The molecule has 4 nitrogen and oxygen atoms in total. The summed E-state index contributed by atoms with van der Waals surface area (Å²) in [6.45, 7) is 3.75. The van der Waals surface area contributed by atoms with E-state index in [2.05, 4.69) is 12.2 Å². The fourth-order valence-electron chi connectivity index (χ4n) is 2.48. The van der Waals surface area contributed by atoms with E-state index in [9.17, 15) is 0 Å². The summed E-state index contributed by atoms with van der Waals surface area (Å²) in [4.78, 5) is 0. The van der Waals surface area contributed by atoms with Gasteiger partial charge in [-0.25, -0.2) is 0 Å². The number of halogens is 1. The average molecular weight is 300 g/mol. The molecule has 1 N–H and O–H groups in total. The average Bonchev–Trinajstić information content (AvgIpc) is 2.98. The van der Waals surface area contributed by atoms with Crippen molar-refractivity contribution in [3.05, 3.63) is 22.7 Å². The normalized spacial score (nSPS) is 19.9. The third-order valence-electron chi connectivity index (χ3n) is 3.64. The maximum absolute atomic E-state index is 6.20. The van der Waals surface area contributed by atoms with Crippen molar-refractivity contribution in [1.29, 1.82) is 0 Å². The van der Waals surface area contributed by atoms with Crippen LogP contribution in [-0.4, -0.2) is 33.0 Å². The Labute approximate surface area is 125 Å². The van der Waals surface area contributed by atoms with E-state index in [1.165, 1.54) is 0 Å². The molecular weight excluding hydrogens is 278 g/mol. The van der Waals surface area contributed by atoms with Gasteiger partial charge < -0.3 is 19.5 Å². The Kier molecular flexibility index (Phi) is 5.52. The molecule has 1 aromatic carbocycles. The second kappa shape index (κ2) is 7.16. The first-order valence-corrected chi connectivity index (χ1v) is 7.29. The molecule has 0 amide bonds. The first-order chi connectivity index (χ1) is 9.65. The van der Waals surface area contributed by atoms with Crippen molar-refractivity contribution in [3.8, 4) is 11.5 Å². The highest BCUT2D eigenvalue weighted by molar-refractivity contribution is 6.32. The number of benzene rings is 1. The Morgan fingerprint density at radius 2 is 2.20 bits per heavy atom. The third-order valence-corrected chi connectivity index (χ3v) is 3.92. The first-order valence-electron chi connectivity index (χ1n) is 6.91. The summed E-state index contributed by atoms with van der Waals surface area (Å²) in [5, 5.41) is 4.04. The van der Waals surface area contributed by atoms with E-state index in [4.69, 9.17) is 25.8 Å². The zero-order valence-electron chi connectivity index (χ0n) is 12.2. The van der Waals surface area contributed by atoms with Gasteiger partial charge in [-0.2, -0.15) is 0 Å². The molecule has 1 heterocycles. The van der Waals surface area contributed by atoms with Crippen LogP contribution in [0.25, 0.3) is 0 Å². The third kappa shape index (κ3) is 3.57. The van der Waals surface area contributed by atoms with E-state index in [0.29, 0.717) is 28.7 Å². The second-order valence-electron chi connectivity index (χ2n) is 5.03. The van der Waals surface area contributed by atoms with E-state index in [-0.39, 0.29) is 0 Å². The Balaban J connectivity index is 2.00. The number of rotatable bonds is 6. The molecule has 0 aliphatic carbocycles. The van der Waals surface area contributed by atoms with Crippen LogP contribution in [0.4, 0.5) is 0 Å². The van der Waals surface area contributed by atoms with Gasteiger partial charge in [-0.3, -0.25) is 0 Å². The Morgan fingerprint density at radius 3 is 2.80 bits per heavy atom. The zero-order valence-corrected chi connectivity index (χ0v) is 13.0. The number of methoxy groups -OCH3 is 2. The van der Waals surface area contributed by atoms with Gasteiger partial charge in [0.05, 0.1) is 25.3 Å². The highest BCUT2D eigenvalue weighted by Gasteiger charge is 2.22. The zero-order chi connectivity index (χ0) is 14.5. The maximum Gasteiger partial charge on any atom is 0.179 e. The van der Waals surface area contributed by atoms with Crippen LogP contribution in [0.2, 0.25) is 5.02 Å². The van der Waals surface area contributed by atoms with Crippen molar-refractivity contribution in [2.75, 3.05) is 20.8 Å². The van der Waals surface area contributed by atoms with E-state index >= 15 is 0 Å². The number of hydrogen-bond donors (Lipinski definition) is 1. The molecule has 112 valence electrons. The number of ether oxygens (including phenoxy) is 3.